The van der Waals surface area contributed by atoms with Crippen LogP contribution in [0.15, 0.2) is 36.8 Å². The lowest BCUT2D eigenvalue weighted by atomic mass is 9.97. The third-order valence-corrected chi connectivity index (χ3v) is 5.39. The van der Waals surface area contributed by atoms with Gasteiger partial charge in [-0.25, -0.2) is 19.5 Å². The van der Waals surface area contributed by atoms with Crippen LogP contribution >= 0.6 is 0 Å². The third-order valence-electron chi connectivity index (χ3n) is 5.39. The molecule has 5 rings (SSSR count). The van der Waals surface area contributed by atoms with Crippen LogP contribution in [0.2, 0.25) is 0 Å². The number of aromatic nitrogens is 6. The van der Waals surface area contributed by atoms with E-state index in [1.54, 1.807) is 16.9 Å². The Hall–Kier alpha value is -3.29. The van der Waals surface area contributed by atoms with Crippen LogP contribution in [0, 0.1) is 19.8 Å². The second-order valence-electron chi connectivity index (χ2n) is 7.59. The molecule has 0 amide bonds. The molecule has 4 aromatic rings. The molecular formula is C21H23N7O. The summed E-state index contributed by atoms with van der Waals surface area (Å²) in [6.07, 6.45) is 7.63. The number of ether oxygens (including phenoxy) is 1. The topological polar surface area (TPSA) is 81.3 Å². The Morgan fingerprint density at radius 3 is 2.79 bits per heavy atom. The lowest BCUT2D eigenvalue weighted by molar-refractivity contribution is 0.213. The van der Waals surface area contributed by atoms with E-state index in [2.05, 4.69) is 25.0 Å². The maximum Gasteiger partial charge on any atom is 0.231 e. The van der Waals surface area contributed by atoms with E-state index in [0.29, 0.717) is 18.4 Å². The zero-order chi connectivity index (χ0) is 19.8. The number of imidazole rings is 1. The number of aryl methyl sites for hydroxylation is 2. The van der Waals surface area contributed by atoms with Gasteiger partial charge in [0.15, 0.2) is 5.65 Å². The summed E-state index contributed by atoms with van der Waals surface area (Å²) >= 11 is 0. The van der Waals surface area contributed by atoms with Crippen molar-refractivity contribution < 1.29 is 4.74 Å². The Bertz CT molecular complexity index is 1160. The predicted octanol–water partition coefficient (Wildman–Crippen LogP) is 2.98. The van der Waals surface area contributed by atoms with Crippen molar-refractivity contribution >= 4 is 22.4 Å². The minimum absolute atomic E-state index is 0.504. The first-order valence-corrected chi connectivity index (χ1v) is 9.95. The van der Waals surface area contributed by atoms with Gasteiger partial charge < -0.3 is 9.64 Å². The number of hydrogen-bond donors (Lipinski definition) is 0. The van der Waals surface area contributed by atoms with Crippen LogP contribution < -0.4 is 9.64 Å². The molecule has 1 saturated heterocycles. The minimum atomic E-state index is 0.504. The van der Waals surface area contributed by atoms with Gasteiger partial charge in [0.1, 0.15) is 11.6 Å². The van der Waals surface area contributed by atoms with Gasteiger partial charge in [-0.15, -0.1) is 5.10 Å². The third kappa shape index (κ3) is 3.57. The fourth-order valence-electron chi connectivity index (χ4n) is 3.89. The molecule has 0 saturated carbocycles. The zero-order valence-electron chi connectivity index (χ0n) is 16.6. The van der Waals surface area contributed by atoms with Crippen LogP contribution in [0.3, 0.4) is 0 Å². The van der Waals surface area contributed by atoms with Crippen LogP contribution in [-0.2, 0) is 0 Å². The molecule has 29 heavy (non-hydrogen) atoms. The molecule has 0 unspecified atom stereocenters. The van der Waals surface area contributed by atoms with Gasteiger partial charge >= 0.3 is 0 Å². The smallest absolute Gasteiger partial charge is 0.231 e. The molecule has 8 nitrogen and oxygen atoms in total. The van der Waals surface area contributed by atoms with Crippen molar-refractivity contribution in [2.75, 3.05) is 24.6 Å². The predicted molar refractivity (Wildman–Crippen MR) is 110 cm³/mol. The molecule has 0 bridgehead atoms. The van der Waals surface area contributed by atoms with E-state index in [1.165, 1.54) is 0 Å². The van der Waals surface area contributed by atoms with Crippen LogP contribution in [0.5, 0.6) is 5.88 Å². The first-order valence-electron chi connectivity index (χ1n) is 9.95. The molecule has 148 valence electrons. The summed E-state index contributed by atoms with van der Waals surface area (Å²) in [7, 11) is 0. The van der Waals surface area contributed by atoms with E-state index in [-0.39, 0.29) is 0 Å². The average molecular weight is 389 g/mol. The Labute approximate surface area is 168 Å². The maximum atomic E-state index is 5.98. The van der Waals surface area contributed by atoms with Crippen molar-refractivity contribution in [2.24, 2.45) is 5.92 Å². The van der Waals surface area contributed by atoms with Crippen LogP contribution in [0.4, 0.5) is 5.82 Å². The lowest BCUT2D eigenvalue weighted by Crippen LogP contribution is -2.36. The molecule has 1 fully saturated rings. The molecule has 1 aliphatic rings. The van der Waals surface area contributed by atoms with Crippen molar-refractivity contribution in [3.8, 4) is 5.88 Å². The van der Waals surface area contributed by atoms with E-state index in [4.69, 9.17) is 9.72 Å². The molecule has 1 aliphatic heterocycles. The number of fused-ring (bicyclic) bond motifs is 2. The molecule has 5 heterocycles. The van der Waals surface area contributed by atoms with Crippen LogP contribution in [-0.4, -0.2) is 49.2 Å². The van der Waals surface area contributed by atoms with Gasteiger partial charge in [0.05, 0.1) is 30.2 Å². The number of anilines is 1. The first kappa shape index (κ1) is 17.8. The standard InChI is InChI=1S/C21H23N7O/c1-14-12-28-19(23-14)3-4-20(26-28)29-13-16-6-9-27(10-7-16)21-17-5-8-22-11-18(17)24-15(2)25-21/h3-5,8,11-12,16H,6-7,9-10,13H2,1-2H3. The summed E-state index contributed by atoms with van der Waals surface area (Å²) < 4.78 is 7.75. The van der Waals surface area contributed by atoms with E-state index >= 15 is 0 Å². The van der Waals surface area contributed by atoms with Crippen molar-refractivity contribution in [3.05, 3.63) is 48.3 Å². The van der Waals surface area contributed by atoms with Crippen molar-refractivity contribution in [1.29, 1.82) is 0 Å². The normalized spacial score (nSPS) is 15.3. The van der Waals surface area contributed by atoms with E-state index in [9.17, 15) is 0 Å². The largest absolute Gasteiger partial charge is 0.476 e. The molecule has 0 aliphatic carbocycles. The maximum absolute atomic E-state index is 5.98. The summed E-state index contributed by atoms with van der Waals surface area (Å²) in [5.41, 5.74) is 2.69. The summed E-state index contributed by atoms with van der Waals surface area (Å²) in [6, 6.07) is 5.83. The Balaban J connectivity index is 1.23. The van der Waals surface area contributed by atoms with Gasteiger partial charge in [-0.2, -0.15) is 0 Å². The average Bonchev–Trinajstić information content (AvgIpc) is 3.11. The van der Waals surface area contributed by atoms with Gasteiger partial charge in [0.2, 0.25) is 5.88 Å². The highest BCUT2D eigenvalue weighted by atomic mass is 16.5. The van der Waals surface area contributed by atoms with Gasteiger partial charge in [-0.1, -0.05) is 0 Å². The Kier molecular flexibility index (Phi) is 4.46. The second-order valence-corrected chi connectivity index (χ2v) is 7.59. The number of nitrogens with zero attached hydrogens (tertiary/aromatic N) is 7. The molecule has 0 spiro atoms. The molecule has 0 atom stereocenters. The lowest BCUT2D eigenvalue weighted by Gasteiger charge is -2.33. The molecule has 8 heteroatoms. The monoisotopic (exact) mass is 389 g/mol. The summed E-state index contributed by atoms with van der Waals surface area (Å²) in [5.74, 6) is 2.94. The van der Waals surface area contributed by atoms with Crippen LogP contribution in [0.25, 0.3) is 16.6 Å². The molecule has 0 aromatic carbocycles. The fraction of sp³-hybridized carbons (Fsp3) is 0.381. The first-order chi connectivity index (χ1) is 14.2. The quantitative estimate of drug-likeness (QED) is 0.531. The van der Waals surface area contributed by atoms with Gasteiger partial charge in [0.25, 0.3) is 0 Å². The van der Waals surface area contributed by atoms with Gasteiger partial charge in [-0.05, 0) is 44.7 Å². The van der Waals surface area contributed by atoms with Crippen molar-refractivity contribution in [2.45, 2.75) is 26.7 Å². The Morgan fingerprint density at radius 1 is 1.07 bits per heavy atom. The zero-order valence-corrected chi connectivity index (χ0v) is 16.6. The van der Waals surface area contributed by atoms with Crippen molar-refractivity contribution in [1.82, 2.24) is 29.5 Å². The summed E-state index contributed by atoms with van der Waals surface area (Å²) in [6.45, 7) is 6.47. The second kappa shape index (κ2) is 7.27. The number of piperidine rings is 1. The molecular weight excluding hydrogens is 366 g/mol. The van der Waals surface area contributed by atoms with E-state index in [0.717, 1.165) is 59.8 Å². The highest BCUT2D eigenvalue weighted by Gasteiger charge is 2.23. The molecule has 4 aromatic heterocycles. The molecule has 0 radical (unpaired) electrons. The summed E-state index contributed by atoms with van der Waals surface area (Å²) in [4.78, 5) is 20.1. The summed E-state index contributed by atoms with van der Waals surface area (Å²) in [5, 5.41) is 5.55. The number of hydrogen-bond acceptors (Lipinski definition) is 7. The van der Waals surface area contributed by atoms with E-state index in [1.807, 2.05) is 38.2 Å². The van der Waals surface area contributed by atoms with Gasteiger partial charge in [0, 0.05) is 30.7 Å². The number of pyridine rings is 1. The minimum Gasteiger partial charge on any atom is -0.476 e. The SMILES string of the molecule is Cc1cn2nc(OCC3CCN(c4nc(C)nc5cnccc45)CC3)ccc2n1. The number of rotatable bonds is 4. The highest BCUT2D eigenvalue weighted by Crippen LogP contribution is 2.28. The fourth-order valence-corrected chi connectivity index (χ4v) is 3.89. The van der Waals surface area contributed by atoms with Crippen LogP contribution in [0.1, 0.15) is 24.4 Å². The Morgan fingerprint density at radius 2 is 1.93 bits per heavy atom. The van der Waals surface area contributed by atoms with Gasteiger partial charge in [-0.3, -0.25) is 4.98 Å². The highest BCUT2D eigenvalue weighted by molar-refractivity contribution is 5.88. The van der Waals surface area contributed by atoms with E-state index < -0.39 is 0 Å². The van der Waals surface area contributed by atoms with Crippen molar-refractivity contribution in [3.63, 3.8) is 0 Å². The molecule has 0 N–H and O–H groups in total.